The Kier molecular flexibility index (Phi) is 3.83. The van der Waals surface area contributed by atoms with Crippen molar-refractivity contribution in [1.29, 1.82) is 0 Å². The lowest BCUT2D eigenvalue weighted by atomic mass is 10.2. The van der Waals surface area contributed by atoms with Gasteiger partial charge < -0.3 is 5.73 Å². The van der Waals surface area contributed by atoms with E-state index >= 15 is 0 Å². The van der Waals surface area contributed by atoms with E-state index in [2.05, 4.69) is 4.90 Å². The van der Waals surface area contributed by atoms with Crippen molar-refractivity contribution in [3.8, 4) is 0 Å². The van der Waals surface area contributed by atoms with Crippen molar-refractivity contribution < 1.29 is 8.42 Å². The lowest BCUT2D eigenvalue weighted by Gasteiger charge is -2.38. The quantitative estimate of drug-likeness (QED) is 0.776. The second-order valence-electron chi connectivity index (χ2n) is 4.82. The number of rotatable bonds is 2. The molecular formula is C10H20N2O2S2. The van der Waals surface area contributed by atoms with E-state index in [1.165, 1.54) is 6.26 Å². The minimum Gasteiger partial charge on any atom is -0.328 e. The van der Waals surface area contributed by atoms with Crippen LogP contribution in [-0.2, 0) is 9.84 Å². The summed E-state index contributed by atoms with van der Waals surface area (Å²) in [4.78, 5) is 2.18. The van der Waals surface area contributed by atoms with Crippen molar-refractivity contribution in [2.75, 3.05) is 24.3 Å². The molecule has 0 aromatic heterocycles. The van der Waals surface area contributed by atoms with Crippen LogP contribution in [0.25, 0.3) is 0 Å². The van der Waals surface area contributed by atoms with Gasteiger partial charge in [0.1, 0.15) is 5.37 Å². The molecule has 1 aliphatic carbocycles. The molecule has 1 saturated carbocycles. The molecule has 2 N–H and O–H groups in total. The van der Waals surface area contributed by atoms with Gasteiger partial charge in [0.15, 0.2) is 9.84 Å². The molecule has 0 aromatic carbocycles. The zero-order valence-corrected chi connectivity index (χ0v) is 11.3. The smallest absolute Gasteiger partial charge is 0.164 e. The Bertz CT molecular complexity index is 345. The second-order valence-corrected chi connectivity index (χ2v) is 8.18. The van der Waals surface area contributed by atoms with E-state index in [0.717, 1.165) is 31.6 Å². The average Bonchev–Trinajstić information content (AvgIpc) is 2.64. The fraction of sp³-hybridized carbons (Fsp3) is 1.00. The Morgan fingerprint density at radius 1 is 1.38 bits per heavy atom. The summed E-state index contributed by atoms with van der Waals surface area (Å²) in [6.45, 7) is 0.889. The van der Waals surface area contributed by atoms with Crippen molar-refractivity contribution in [2.24, 2.45) is 5.73 Å². The highest BCUT2D eigenvalue weighted by Crippen LogP contribution is 2.30. The van der Waals surface area contributed by atoms with Gasteiger partial charge in [-0.05, 0) is 19.3 Å². The maximum absolute atomic E-state index is 11.7. The first-order valence-electron chi connectivity index (χ1n) is 5.76. The number of sulfone groups is 1. The van der Waals surface area contributed by atoms with Crippen LogP contribution >= 0.6 is 11.8 Å². The second kappa shape index (κ2) is 4.84. The van der Waals surface area contributed by atoms with E-state index in [4.69, 9.17) is 5.73 Å². The van der Waals surface area contributed by atoms with E-state index < -0.39 is 9.84 Å². The Morgan fingerprint density at radius 2 is 2.12 bits per heavy atom. The van der Waals surface area contributed by atoms with Crippen LogP contribution in [0.1, 0.15) is 19.3 Å². The summed E-state index contributed by atoms with van der Waals surface area (Å²) < 4.78 is 23.5. The van der Waals surface area contributed by atoms with Gasteiger partial charge in [0.25, 0.3) is 0 Å². The molecule has 0 amide bonds. The third kappa shape index (κ3) is 2.72. The summed E-state index contributed by atoms with van der Waals surface area (Å²) in [7, 11) is -2.97. The highest BCUT2D eigenvalue weighted by Gasteiger charge is 2.37. The molecule has 0 spiro atoms. The monoisotopic (exact) mass is 264 g/mol. The summed E-state index contributed by atoms with van der Waals surface area (Å²) in [5.41, 5.74) is 5.90. The SMILES string of the molecule is CS(=O)(=O)C1CSCCN1C1CCC(N)C1. The van der Waals surface area contributed by atoms with Gasteiger partial charge in [0.05, 0.1) is 0 Å². The zero-order valence-electron chi connectivity index (χ0n) is 9.63. The Hall–Kier alpha value is 0.220. The first kappa shape index (κ1) is 12.7. The van der Waals surface area contributed by atoms with E-state index in [-0.39, 0.29) is 11.4 Å². The molecule has 4 nitrogen and oxygen atoms in total. The van der Waals surface area contributed by atoms with E-state index in [9.17, 15) is 8.42 Å². The van der Waals surface area contributed by atoms with Crippen molar-refractivity contribution in [1.82, 2.24) is 4.90 Å². The van der Waals surface area contributed by atoms with Crippen LogP contribution in [0.5, 0.6) is 0 Å². The summed E-state index contributed by atoms with van der Waals surface area (Å²) in [6.07, 6.45) is 4.39. The van der Waals surface area contributed by atoms with Crippen LogP contribution in [0.15, 0.2) is 0 Å². The molecule has 16 heavy (non-hydrogen) atoms. The van der Waals surface area contributed by atoms with Crippen molar-refractivity contribution in [3.05, 3.63) is 0 Å². The van der Waals surface area contributed by atoms with Gasteiger partial charge >= 0.3 is 0 Å². The first-order valence-corrected chi connectivity index (χ1v) is 8.87. The summed E-state index contributed by atoms with van der Waals surface area (Å²) in [5, 5.41) is -0.290. The van der Waals surface area contributed by atoms with Crippen molar-refractivity contribution in [3.63, 3.8) is 0 Å². The van der Waals surface area contributed by atoms with Crippen LogP contribution in [-0.4, -0.2) is 55.1 Å². The van der Waals surface area contributed by atoms with Gasteiger partial charge in [-0.15, -0.1) is 0 Å². The fourth-order valence-corrected chi connectivity index (χ4v) is 5.62. The standard InChI is InChI=1S/C10H20N2O2S2/c1-16(13,14)10-7-15-5-4-12(10)9-3-2-8(11)6-9/h8-10H,2-7,11H2,1H3. The Labute approximate surface area is 102 Å². The third-order valence-corrected chi connectivity index (χ3v) is 6.19. The van der Waals surface area contributed by atoms with Gasteiger partial charge in [-0.25, -0.2) is 8.42 Å². The molecular weight excluding hydrogens is 244 g/mol. The van der Waals surface area contributed by atoms with Crippen LogP contribution in [0.4, 0.5) is 0 Å². The summed E-state index contributed by atoms with van der Waals surface area (Å²) in [5.74, 6) is 1.75. The normalized spacial score (nSPS) is 37.8. The van der Waals surface area contributed by atoms with Crippen molar-refractivity contribution >= 4 is 21.6 Å². The molecule has 0 aromatic rings. The molecule has 6 heteroatoms. The Balaban J connectivity index is 2.11. The van der Waals surface area contributed by atoms with Gasteiger partial charge in [0.2, 0.25) is 0 Å². The number of thioether (sulfide) groups is 1. The highest BCUT2D eigenvalue weighted by atomic mass is 32.2. The predicted octanol–water partition coefficient (Wildman–Crippen LogP) is 0.286. The first-order chi connectivity index (χ1) is 7.48. The molecule has 0 radical (unpaired) electrons. The van der Waals surface area contributed by atoms with Crippen LogP contribution in [0, 0.1) is 0 Å². The molecule has 3 unspecified atom stereocenters. The zero-order chi connectivity index (χ0) is 11.8. The fourth-order valence-electron chi connectivity index (χ4n) is 2.67. The van der Waals surface area contributed by atoms with Crippen LogP contribution < -0.4 is 5.73 Å². The molecule has 1 aliphatic heterocycles. The lowest BCUT2D eigenvalue weighted by molar-refractivity contribution is 0.193. The van der Waals surface area contributed by atoms with Gasteiger partial charge in [0, 0.05) is 36.4 Å². The maximum Gasteiger partial charge on any atom is 0.164 e. The van der Waals surface area contributed by atoms with Gasteiger partial charge in [-0.3, -0.25) is 4.90 Å². The van der Waals surface area contributed by atoms with Crippen molar-refractivity contribution in [2.45, 2.75) is 36.7 Å². The molecule has 3 atom stereocenters. The van der Waals surface area contributed by atoms with E-state index in [1.54, 1.807) is 11.8 Å². The minimum absolute atomic E-state index is 0.264. The number of nitrogens with zero attached hydrogens (tertiary/aromatic N) is 1. The molecule has 0 bridgehead atoms. The van der Waals surface area contributed by atoms with Crippen LogP contribution in [0.3, 0.4) is 0 Å². The van der Waals surface area contributed by atoms with E-state index in [1.807, 2.05) is 0 Å². The van der Waals surface area contributed by atoms with Gasteiger partial charge in [-0.2, -0.15) is 11.8 Å². The van der Waals surface area contributed by atoms with Gasteiger partial charge in [-0.1, -0.05) is 0 Å². The number of hydrogen-bond acceptors (Lipinski definition) is 5. The largest absolute Gasteiger partial charge is 0.328 e. The Morgan fingerprint density at radius 3 is 2.69 bits per heavy atom. The minimum atomic E-state index is -2.97. The highest BCUT2D eigenvalue weighted by molar-refractivity contribution is 8.00. The molecule has 2 rings (SSSR count). The molecule has 1 saturated heterocycles. The summed E-state index contributed by atoms with van der Waals surface area (Å²) in [6, 6.07) is 0.649. The maximum atomic E-state index is 11.7. The van der Waals surface area contributed by atoms with E-state index in [0.29, 0.717) is 11.8 Å². The molecule has 2 aliphatic rings. The lowest BCUT2D eigenvalue weighted by Crippen LogP contribution is -2.51. The molecule has 1 heterocycles. The summed E-state index contributed by atoms with van der Waals surface area (Å²) >= 11 is 1.74. The van der Waals surface area contributed by atoms with Crippen LogP contribution in [0.2, 0.25) is 0 Å². The molecule has 94 valence electrons. The number of hydrogen-bond donors (Lipinski definition) is 1. The average molecular weight is 264 g/mol. The number of nitrogens with two attached hydrogens (primary N) is 1. The topological polar surface area (TPSA) is 63.4 Å². The predicted molar refractivity (Wildman–Crippen MR) is 68.3 cm³/mol. The molecule has 2 fully saturated rings. The third-order valence-electron chi connectivity index (χ3n) is 3.53.